The van der Waals surface area contributed by atoms with Crippen LogP contribution in [0.1, 0.15) is 76.0 Å². The average molecular weight is 425 g/mol. The fourth-order valence-corrected chi connectivity index (χ4v) is 5.42. The van der Waals surface area contributed by atoms with Gasteiger partial charge in [-0.2, -0.15) is 4.31 Å². The number of nitrogens with one attached hydrogen (secondary N) is 1. The number of likely N-dealkylation sites (tertiary alicyclic amines) is 1. The smallest absolute Gasteiger partial charge is 0.254 e. The molecule has 29 heavy (non-hydrogen) atoms. The topological polar surface area (TPSA) is 103 Å². The predicted octanol–water partition coefficient (Wildman–Crippen LogP) is 1.97. The highest BCUT2D eigenvalue weighted by atomic mass is 32.2. The summed E-state index contributed by atoms with van der Waals surface area (Å²) in [5.41, 5.74) is 0.872. The molecule has 0 saturated carbocycles. The van der Waals surface area contributed by atoms with E-state index >= 15 is 0 Å². The molecule has 162 valence electrons. The summed E-state index contributed by atoms with van der Waals surface area (Å²) in [5, 5.41) is 0. The second-order valence-electron chi connectivity index (χ2n) is 7.92. The maximum atomic E-state index is 13.1. The van der Waals surface area contributed by atoms with E-state index in [-0.39, 0.29) is 35.7 Å². The lowest BCUT2D eigenvalue weighted by molar-refractivity contribution is -0.140. The molecule has 1 aromatic heterocycles. The summed E-state index contributed by atoms with van der Waals surface area (Å²) in [6, 6.07) is -0.256. The van der Waals surface area contributed by atoms with Crippen molar-refractivity contribution in [1.29, 1.82) is 0 Å². The molecule has 0 spiro atoms. The van der Waals surface area contributed by atoms with Gasteiger partial charge in [-0.05, 0) is 45.4 Å². The molecular formula is C20H32N4O4S. The van der Waals surface area contributed by atoms with E-state index in [1.165, 1.54) is 4.31 Å². The molecule has 1 aromatic rings. The summed E-state index contributed by atoms with van der Waals surface area (Å²) < 4.78 is 26.0. The van der Waals surface area contributed by atoms with Crippen LogP contribution in [0.4, 0.5) is 0 Å². The van der Waals surface area contributed by atoms with E-state index in [1.54, 1.807) is 6.92 Å². The first-order valence-electron chi connectivity index (χ1n) is 10.7. The van der Waals surface area contributed by atoms with Gasteiger partial charge in [0.1, 0.15) is 5.82 Å². The molecule has 9 heteroatoms. The van der Waals surface area contributed by atoms with E-state index in [4.69, 9.17) is 0 Å². The average Bonchev–Trinajstić information content (AvgIpc) is 2.74. The number of rotatable bonds is 6. The van der Waals surface area contributed by atoms with Crippen molar-refractivity contribution in [3.63, 3.8) is 0 Å². The van der Waals surface area contributed by atoms with Gasteiger partial charge in [-0.3, -0.25) is 9.59 Å². The highest BCUT2D eigenvalue weighted by Crippen LogP contribution is 2.31. The Morgan fingerprint density at radius 3 is 2.59 bits per heavy atom. The lowest BCUT2D eigenvalue weighted by Gasteiger charge is -2.37. The molecule has 0 radical (unpaired) electrons. The number of fused-ring (bicyclic) bond motifs is 1. The van der Waals surface area contributed by atoms with Crippen LogP contribution in [0.15, 0.2) is 4.79 Å². The number of sulfonamides is 1. The second kappa shape index (κ2) is 8.95. The van der Waals surface area contributed by atoms with Crippen molar-refractivity contribution in [3.8, 4) is 0 Å². The molecule has 1 unspecified atom stereocenters. The van der Waals surface area contributed by atoms with Crippen molar-refractivity contribution in [2.75, 3.05) is 18.8 Å². The Kier molecular flexibility index (Phi) is 6.78. The van der Waals surface area contributed by atoms with Gasteiger partial charge < -0.3 is 9.88 Å². The Morgan fingerprint density at radius 2 is 1.93 bits per heavy atom. The molecule has 0 aliphatic carbocycles. The molecule has 1 fully saturated rings. The van der Waals surface area contributed by atoms with E-state index in [9.17, 15) is 18.0 Å². The zero-order valence-corrected chi connectivity index (χ0v) is 18.4. The Balaban J connectivity index is 1.94. The van der Waals surface area contributed by atoms with Gasteiger partial charge >= 0.3 is 0 Å². The quantitative estimate of drug-likeness (QED) is 0.752. The fraction of sp³-hybridized carbons (Fsp3) is 0.750. The standard InChI is InChI=1S/C20H32N4O4S/c1-4-14(5-2)20(26)24-11-8-7-9-17(24)18-21-16-13-23(29(27,28)6-3)12-10-15(16)19(25)22-18/h14,17H,4-13H2,1-3H3,(H,21,22,25). The van der Waals surface area contributed by atoms with Gasteiger partial charge in [0, 0.05) is 24.6 Å². The molecule has 3 rings (SSSR count). The molecule has 2 aliphatic heterocycles. The van der Waals surface area contributed by atoms with Crippen LogP contribution in [-0.4, -0.2) is 52.3 Å². The second-order valence-corrected chi connectivity index (χ2v) is 10.2. The van der Waals surface area contributed by atoms with E-state index in [1.807, 2.05) is 18.7 Å². The Bertz CT molecular complexity index is 908. The minimum Gasteiger partial charge on any atom is -0.332 e. The van der Waals surface area contributed by atoms with Crippen molar-refractivity contribution in [1.82, 2.24) is 19.2 Å². The molecule has 8 nitrogen and oxygen atoms in total. The van der Waals surface area contributed by atoms with Crippen LogP contribution < -0.4 is 5.56 Å². The van der Waals surface area contributed by atoms with Crippen molar-refractivity contribution >= 4 is 15.9 Å². The van der Waals surface area contributed by atoms with Gasteiger partial charge in [-0.1, -0.05) is 13.8 Å². The molecule has 1 N–H and O–H groups in total. The van der Waals surface area contributed by atoms with Gasteiger partial charge in [-0.15, -0.1) is 0 Å². The maximum absolute atomic E-state index is 13.1. The van der Waals surface area contributed by atoms with E-state index in [2.05, 4.69) is 9.97 Å². The first-order chi connectivity index (χ1) is 13.8. The van der Waals surface area contributed by atoms with Crippen LogP contribution in [0.3, 0.4) is 0 Å². The van der Waals surface area contributed by atoms with Crippen LogP contribution in [-0.2, 0) is 27.8 Å². The SMILES string of the molecule is CCC(CC)C(=O)N1CCCCC1c1nc2c(c(=O)[nH]1)CCN(S(=O)(=O)CC)C2. The Hall–Kier alpha value is -1.74. The van der Waals surface area contributed by atoms with Crippen molar-refractivity contribution in [2.45, 2.75) is 71.9 Å². The largest absolute Gasteiger partial charge is 0.332 e. The minimum absolute atomic E-state index is 0.0230. The number of H-pyrrole nitrogens is 1. The summed E-state index contributed by atoms with van der Waals surface area (Å²) in [6.07, 6.45) is 4.60. The number of carbonyl (C=O) groups is 1. The summed E-state index contributed by atoms with van der Waals surface area (Å²) in [7, 11) is -3.34. The summed E-state index contributed by atoms with van der Waals surface area (Å²) >= 11 is 0. The molecule has 0 aromatic carbocycles. The molecule has 1 atom stereocenters. The van der Waals surface area contributed by atoms with Crippen LogP contribution in [0.5, 0.6) is 0 Å². The number of hydrogen-bond acceptors (Lipinski definition) is 5. The van der Waals surface area contributed by atoms with Crippen LogP contribution in [0.2, 0.25) is 0 Å². The third-order valence-corrected chi connectivity index (χ3v) is 8.08. The number of piperidine rings is 1. The van der Waals surface area contributed by atoms with Crippen LogP contribution in [0, 0.1) is 5.92 Å². The van der Waals surface area contributed by atoms with Crippen molar-refractivity contribution in [2.24, 2.45) is 5.92 Å². The molecular weight excluding hydrogens is 392 g/mol. The molecule has 0 bridgehead atoms. The lowest BCUT2D eigenvalue weighted by Crippen LogP contribution is -2.44. The number of carbonyl (C=O) groups excluding carboxylic acids is 1. The molecule has 3 heterocycles. The fourth-order valence-electron chi connectivity index (χ4n) is 4.36. The Labute approximate surface area is 172 Å². The van der Waals surface area contributed by atoms with Gasteiger partial charge in [0.05, 0.1) is 24.0 Å². The monoisotopic (exact) mass is 424 g/mol. The number of hydrogen-bond donors (Lipinski definition) is 1. The predicted molar refractivity (Wildman–Crippen MR) is 111 cm³/mol. The molecule has 1 amide bonds. The third-order valence-electron chi connectivity index (χ3n) is 6.25. The molecule has 1 saturated heterocycles. The van der Waals surface area contributed by atoms with Gasteiger partial charge in [-0.25, -0.2) is 13.4 Å². The van der Waals surface area contributed by atoms with Gasteiger partial charge in [0.25, 0.3) is 5.56 Å². The highest BCUT2D eigenvalue weighted by Gasteiger charge is 2.34. The Morgan fingerprint density at radius 1 is 1.21 bits per heavy atom. The number of aromatic amines is 1. The lowest BCUT2D eigenvalue weighted by atomic mass is 9.95. The minimum atomic E-state index is -3.34. The highest BCUT2D eigenvalue weighted by molar-refractivity contribution is 7.89. The van der Waals surface area contributed by atoms with Crippen LogP contribution >= 0.6 is 0 Å². The molecule has 2 aliphatic rings. The zero-order chi connectivity index (χ0) is 21.2. The first-order valence-corrected chi connectivity index (χ1v) is 12.3. The van der Waals surface area contributed by atoms with E-state index in [0.717, 1.165) is 32.1 Å². The number of nitrogens with zero attached hydrogens (tertiary/aromatic N) is 3. The zero-order valence-electron chi connectivity index (χ0n) is 17.6. The summed E-state index contributed by atoms with van der Waals surface area (Å²) in [5.74, 6) is 0.613. The third kappa shape index (κ3) is 4.40. The van der Waals surface area contributed by atoms with Gasteiger partial charge in [0.15, 0.2) is 0 Å². The van der Waals surface area contributed by atoms with E-state index < -0.39 is 10.0 Å². The van der Waals surface area contributed by atoms with Crippen molar-refractivity contribution in [3.05, 3.63) is 27.4 Å². The number of amides is 1. The number of aromatic nitrogens is 2. The first kappa shape index (κ1) is 22.0. The van der Waals surface area contributed by atoms with Crippen LogP contribution in [0.25, 0.3) is 0 Å². The summed E-state index contributed by atoms with van der Waals surface area (Å²) in [6.45, 7) is 6.74. The van der Waals surface area contributed by atoms with Crippen molar-refractivity contribution < 1.29 is 13.2 Å². The maximum Gasteiger partial charge on any atom is 0.254 e. The van der Waals surface area contributed by atoms with E-state index in [0.29, 0.717) is 36.6 Å². The summed E-state index contributed by atoms with van der Waals surface area (Å²) in [4.78, 5) is 35.2. The van der Waals surface area contributed by atoms with Gasteiger partial charge in [0.2, 0.25) is 15.9 Å². The normalized spacial score (nSPS) is 20.7.